The standard InChI is InChI=1S/C28H27N3O3/c1-17-11-22(28(33)34)12-18(2)25(17)14-20-5-3-4-6-24(20)26(15-29)27(32)31-23-8-7-21-16-30-10-9-19(21)13-23/h3-13,16,26H,14-15,29H2,1-2H3,(H,31,32)(H,33,34). The van der Waals surface area contributed by atoms with Gasteiger partial charge in [-0.2, -0.15) is 0 Å². The molecule has 34 heavy (non-hydrogen) atoms. The highest BCUT2D eigenvalue weighted by atomic mass is 16.4. The third-order valence-electron chi connectivity index (χ3n) is 6.20. The molecule has 0 saturated carbocycles. The lowest BCUT2D eigenvalue weighted by Crippen LogP contribution is -2.28. The molecule has 0 saturated heterocycles. The fraction of sp³-hybridized carbons (Fsp3) is 0.179. The van der Waals surface area contributed by atoms with Crippen LogP contribution in [0.1, 0.15) is 44.1 Å². The maximum Gasteiger partial charge on any atom is 0.335 e. The second kappa shape index (κ2) is 9.85. The van der Waals surface area contributed by atoms with E-state index in [-0.39, 0.29) is 18.0 Å². The smallest absolute Gasteiger partial charge is 0.335 e. The fourth-order valence-electron chi connectivity index (χ4n) is 4.39. The largest absolute Gasteiger partial charge is 0.478 e. The first-order valence-corrected chi connectivity index (χ1v) is 11.1. The number of aryl methyl sites for hydroxylation is 2. The van der Waals surface area contributed by atoms with Crippen LogP contribution in [0.25, 0.3) is 10.8 Å². The zero-order valence-electron chi connectivity index (χ0n) is 19.2. The van der Waals surface area contributed by atoms with Gasteiger partial charge in [0.25, 0.3) is 0 Å². The highest BCUT2D eigenvalue weighted by Crippen LogP contribution is 2.27. The molecule has 1 atom stereocenters. The van der Waals surface area contributed by atoms with E-state index in [1.54, 1.807) is 24.5 Å². The molecule has 0 fully saturated rings. The van der Waals surface area contributed by atoms with Crippen LogP contribution in [0.5, 0.6) is 0 Å². The molecule has 4 rings (SSSR count). The number of amides is 1. The number of nitrogens with zero attached hydrogens (tertiary/aromatic N) is 1. The number of pyridine rings is 1. The van der Waals surface area contributed by atoms with Crippen molar-refractivity contribution in [1.29, 1.82) is 0 Å². The van der Waals surface area contributed by atoms with E-state index < -0.39 is 11.9 Å². The number of nitrogens with two attached hydrogens (primary N) is 1. The topological polar surface area (TPSA) is 105 Å². The van der Waals surface area contributed by atoms with Crippen LogP contribution in [0.15, 0.2) is 73.1 Å². The highest BCUT2D eigenvalue weighted by molar-refractivity contribution is 5.98. The SMILES string of the molecule is Cc1cc(C(=O)O)cc(C)c1Cc1ccccc1C(CN)C(=O)Nc1ccc2cnccc2c1. The van der Waals surface area contributed by atoms with Gasteiger partial charge in [0.1, 0.15) is 0 Å². The number of anilines is 1. The van der Waals surface area contributed by atoms with Crippen molar-refractivity contribution in [1.82, 2.24) is 4.98 Å². The molecule has 172 valence electrons. The molecule has 1 aromatic heterocycles. The first kappa shape index (κ1) is 23.1. The van der Waals surface area contributed by atoms with Crippen molar-refractivity contribution >= 4 is 28.3 Å². The highest BCUT2D eigenvalue weighted by Gasteiger charge is 2.23. The molecule has 0 spiro atoms. The van der Waals surface area contributed by atoms with Crippen LogP contribution in [0, 0.1) is 13.8 Å². The van der Waals surface area contributed by atoms with Gasteiger partial charge in [0.05, 0.1) is 11.5 Å². The number of aromatic nitrogens is 1. The molecule has 1 amide bonds. The molecule has 0 aliphatic rings. The van der Waals surface area contributed by atoms with Gasteiger partial charge < -0.3 is 16.2 Å². The summed E-state index contributed by atoms with van der Waals surface area (Å²) in [7, 11) is 0. The molecule has 3 aromatic carbocycles. The minimum atomic E-state index is -0.942. The van der Waals surface area contributed by atoms with Gasteiger partial charge in [-0.3, -0.25) is 9.78 Å². The summed E-state index contributed by atoms with van der Waals surface area (Å²) in [6.07, 6.45) is 4.09. The number of carboxylic acids is 1. The Morgan fingerprint density at radius 1 is 1.00 bits per heavy atom. The van der Waals surface area contributed by atoms with Crippen LogP contribution in [0.3, 0.4) is 0 Å². The van der Waals surface area contributed by atoms with Crippen molar-refractivity contribution in [3.05, 3.63) is 106 Å². The van der Waals surface area contributed by atoms with Crippen LogP contribution in [-0.4, -0.2) is 28.5 Å². The molecule has 1 heterocycles. The van der Waals surface area contributed by atoms with Gasteiger partial charge in [0.15, 0.2) is 0 Å². The first-order valence-electron chi connectivity index (χ1n) is 11.1. The normalized spacial score (nSPS) is 11.9. The predicted octanol–water partition coefficient (Wildman–Crippen LogP) is 4.82. The van der Waals surface area contributed by atoms with Gasteiger partial charge in [0, 0.05) is 30.0 Å². The lowest BCUT2D eigenvalue weighted by Gasteiger charge is -2.20. The van der Waals surface area contributed by atoms with E-state index in [4.69, 9.17) is 5.73 Å². The number of rotatable bonds is 7. The lowest BCUT2D eigenvalue weighted by molar-refractivity contribution is -0.117. The summed E-state index contributed by atoms with van der Waals surface area (Å²) in [4.78, 5) is 28.8. The maximum atomic E-state index is 13.3. The number of nitrogens with one attached hydrogen (secondary N) is 1. The van der Waals surface area contributed by atoms with Crippen molar-refractivity contribution in [3.8, 4) is 0 Å². The number of carbonyl (C=O) groups is 2. The van der Waals surface area contributed by atoms with E-state index in [0.717, 1.165) is 38.6 Å². The zero-order chi connectivity index (χ0) is 24.2. The van der Waals surface area contributed by atoms with Crippen LogP contribution >= 0.6 is 0 Å². The van der Waals surface area contributed by atoms with Gasteiger partial charge in [-0.05, 0) is 83.8 Å². The number of benzene rings is 3. The van der Waals surface area contributed by atoms with Gasteiger partial charge >= 0.3 is 5.97 Å². The van der Waals surface area contributed by atoms with E-state index in [0.29, 0.717) is 12.1 Å². The Labute approximate surface area is 198 Å². The van der Waals surface area contributed by atoms with Crippen molar-refractivity contribution in [3.63, 3.8) is 0 Å². The van der Waals surface area contributed by atoms with Crippen LogP contribution in [0.4, 0.5) is 5.69 Å². The van der Waals surface area contributed by atoms with Crippen LogP contribution in [0.2, 0.25) is 0 Å². The molecular weight excluding hydrogens is 426 g/mol. The Morgan fingerprint density at radius 2 is 1.74 bits per heavy atom. The van der Waals surface area contributed by atoms with Crippen molar-refractivity contribution in [2.75, 3.05) is 11.9 Å². The summed E-state index contributed by atoms with van der Waals surface area (Å²) in [5.74, 6) is -1.63. The molecule has 0 bridgehead atoms. The van der Waals surface area contributed by atoms with Gasteiger partial charge in [0.2, 0.25) is 5.91 Å². The van der Waals surface area contributed by atoms with Crippen molar-refractivity contribution < 1.29 is 14.7 Å². The second-order valence-corrected chi connectivity index (χ2v) is 8.48. The quantitative estimate of drug-likeness (QED) is 0.372. The van der Waals surface area contributed by atoms with E-state index in [2.05, 4.69) is 10.3 Å². The molecule has 0 aliphatic carbocycles. The van der Waals surface area contributed by atoms with Crippen molar-refractivity contribution in [2.24, 2.45) is 5.73 Å². The molecule has 0 aliphatic heterocycles. The molecule has 6 heteroatoms. The number of hydrogen-bond acceptors (Lipinski definition) is 4. The Hall–Kier alpha value is -4.03. The average Bonchev–Trinajstić information content (AvgIpc) is 2.82. The Bertz CT molecular complexity index is 1360. The lowest BCUT2D eigenvalue weighted by atomic mass is 9.87. The zero-order valence-corrected chi connectivity index (χ0v) is 19.2. The predicted molar refractivity (Wildman–Crippen MR) is 134 cm³/mol. The summed E-state index contributed by atoms with van der Waals surface area (Å²) < 4.78 is 0. The molecule has 1 unspecified atom stereocenters. The number of carboxylic acid groups (broad SMARTS) is 1. The number of hydrogen-bond donors (Lipinski definition) is 3. The Kier molecular flexibility index (Phi) is 6.70. The first-order chi connectivity index (χ1) is 16.4. The summed E-state index contributed by atoms with van der Waals surface area (Å²) in [6, 6.07) is 18.8. The number of carbonyl (C=O) groups excluding carboxylic acids is 1. The van der Waals surface area contributed by atoms with E-state index in [1.807, 2.05) is 62.4 Å². The Morgan fingerprint density at radius 3 is 2.44 bits per heavy atom. The molecule has 4 aromatic rings. The minimum absolute atomic E-state index is 0.163. The van der Waals surface area contributed by atoms with Gasteiger partial charge in [-0.25, -0.2) is 4.79 Å². The fourth-order valence-corrected chi connectivity index (χ4v) is 4.39. The molecule has 0 radical (unpaired) electrons. The third kappa shape index (κ3) is 4.82. The summed E-state index contributed by atoms with van der Waals surface area (Å²) in [6.45, 7) is 4.00. The number of fused-ring (bicyclic) bond motifs is 1. The summed E-state index contributed by atoms with van der Waals surface area (Å²) >= 11 is 0. The van der Waals surface area contributed by atoms with Crippen molar-refractivity contribution in [2.45, 2.75) is 26.2 Å². The van der Waals surface area contributed by atoms with Gasteiger partial charge in [-0.1, -0.05) is 30.3 Å². The monoisotopic (exact) mass is 453 g/mol. The Balaban J connectivity index is 1.62. The average molecular weight is 454 g/mol. The third-order valence-corrected chi connectivity index (χ3v) is 6.20. The second-order valence-electron chi connectivity index (χ2n) is 8.48. The molecular formula is C28H27N3O3. The maximum absolute atomic E-state index is 13.3. The van der Waals surface area contributed by atoms with Gasteiger partial charge in [-0.15, -0.1) is 0 Å². The van der Waals surface area contributed by atoms with E-state index >= 15 is 0 Å². The van der Waals surface area contributed by atoms with Crippen LogP contribution < -0.4 is 11.1 Å². The van der Waals surface area contributed by atoms with E-state index in [1.165, 1.54) is 0 Å². The molecule has 4 N–H and O–H groups in total. The summed E-state index contributed by atoms with van der Waals surface area (Å²) in [5.41, 5.74) is 11.8. The summed E-state index contributed by atoms with van der Waals surface area (Å²) in [5, 5.41) is 14.3. The van der Waals surface area contributed by atoms with Crippen LogP contribution in [-0.2, 0) is 11.2 Å². The number of aromatic carboxylic acids is 1. The van der Waals surface area contributed by atoms with E-state index in [9.17, 15) is 14.7 Å². The minimum Gasteiger partial charge on any atom is -0.478 e. The molecule has 6 nitrogen and oxygen atoms in total.